The number of rotatable bonds is 4. The van der Waals surface area contributed by atoms with Gasteiger partial charge in [-0.25, -0.2) is 0 Å². The molecule has 0 saturated carbocycles. The lowest BCUT2D eigenvalue weighted by molar-refractivity contribution is 0.165. The van der Waals surface area contributed by atoms with Crippen LogP contribution in [0.5, 0.6) is 17.2 Å². The summed E-state index contributed by atoms with van der Waals surface area (Å²) < 4.78 is 17.9. The summed E-state index contributed by atoms with van der Waals surface area (Å²) in [6, 6.07) is 12.3. The standard InChI is InChI=1S/C16H16INO3/c1-19-14-8-11(9-15-16(14)21-7-6-20-15)10-18-13-4-2-12(17)3-5-13/h2-5,8-9,18H,6-7,10H2,1H3. The van der Waals surface area contributed by atoms with Gasteiger partial charge in [-0.2, -0.15) is 0 Å². The normalized spacial score (nSPS) is 12.9. The second-order valence-corrected chi connectivity index (χ2v) is 5.93. The van der Waals surface area contributed by atoms with Crippen molar-refractivity contribution < 1.29 is 14.2 Å². The molecule has 0 atom stereocenters. The Morgan fingerprint density at radius 2 is 1.90 bits per heavy atom. The van der Waals surface area contributed by atoms with Crippen molar-refractivity contribution >= 4 is 28.3 Å². The fourth-order valence-electron chi connectivity index (χ4n) is 2.20. The van der Waals surface area contributed by atoms with Gasteiger partial charge in [-0.3, -0.25) is 0 Å². The summed E-state index contributed by atoms with van der Waals surface area (Å²) in [6.07, 6.45) is 0. The largest absolute Gasteiger partial charge is 0.493 e. The minimum Gasteiger partial charge on any atom is -0.493 e. The summed E-state index contributed by atoms with van der Waals surface area (Å²) in [5.74, 6) is 2.16. The molecular weight excluding hydrogens is 381 g/mol. The number of hydrogen-bond donors (Lipinski definition) is 1. The zero-order valence-electron chi connectivity index (χ0n) is 11.7. The number of hydrogen-bond acceptors (Lipinski definition) is 4. The highest BCUT2D eigenvalue weighted by Gasteiger charge is 2.18. The van der Waals surface area contributed by atoms with Crippen molar-refractivity contribution in [1.29, 1.82) is 0 Å². The third-order valence-electron chi connectivity index (χ3n) is 3.23. The van der Waals surface area contributed by atoms with Crippen LogP contribution >= 0.6 is 22.6 Å². The van der Waals surface area contributed by atoms with Gasteiger partial charge in [-0.1, -0.05) is 0 Å². The quantitative estimate of drug-likeness (QED) is 0.800. The van der Waals surface area contributed by atoms with Crippen LogP contribution in [0.3, 0.4) is 0 Å². The molecule has 0 fully saturated rings. The van der Waals surface area contributed by atoms with E-state index in [9.17, 15) is 0 Å². The van der Waals surface area contributed by atoms with Crippen molar-refractivity contribution in [3.05, 3.63) is 45.5 Å². The van der Waals surface area contributed by atoms with Gasteiger partial charge in [0.1, 0.15) is 13.2 Å². The first kappa shape index (κ1) is 14.3. The smallest absolute Gasteiger partial charge is 0.203 e. The Morgan fingerprint density at radius 3 is 2.67 bits per heavy atom. The second kappa shape index (κ2) is 6.43. The summed E-state index contributed by atoms with van der Waals surface area (Å²) >= 11 is 2.29. The predicted octanol–water partition coefficient (Wildman–Crippen LogP) is 3.68. The highest BCUT2D eigenvalue weighted by Crippen LogP contribution is 2.40. The van der Waals surface area contributed by atoms with Crippen molar-refractivity contribution in [3.8, 4) is 17.2 Å². The van der Waals surface area contributed by atoms with Gasteiger partial charge in [-0.05, 0) is 64.6 Å². The fraction of sp³-hybridized carbons (Fsp3) is 0.250. The van der Waals surface area contributed by atoms with Crippen LogP contribution in [0.4, 0.5) is 5.69 Å². The summed E-state index contributed by atoms with van der Waals surface area (Å²) in [5, 5.41) is 3.39. The van der Waals surface area contributed by atoms with E-state index in [1.54, 1.807) is 7.11 Å². The molecule has 5 heteroatoms. The van der Waals surface area contributed by atoms with Gasteiger partial charge in [0.25, 0.3) is 0 Å². The fourth-order valence-corrected chi connectivity index (χ4v) is 2.56. The Labute approximate surface area is 137 Å². The van der Waals surface area contributed by atoms with Crippen molar-refractivity contribution in [1.82, 2.24) is 0 Å². The van der Waals surface area contributed by atoms with Crippen LogP contribution in [0.15, 0.2) is 36.4 Å². The van der Waals surface area contributed by atoms with E-state index in [0.717, 1.165) is 17.0 Å². The van der Waals surface area contributed by atoms with E-state index in [1.807, 2.05) is 12.1 Å². The highest BCUT2D eigenvalue weighted by atomic mass is 127. The molecule has 110 valence electrons. The number of methoxy groups -OCH3 is 1. The first-order valence-electron chi connectivity index (χ1n) is 6.72. The van der Waals surface area contributed by atoms with E-state index >= 15 is 0 Å². The van der Waals surface area contributed by atoms with E-state index in [4.69, 9.17) is 14.2 Å². The van der Waals surface area contributed by atoms with E-state index in [1.165, 1.54) is 3.57 Å². The molecule has 2 aromatic carbocycles. The molecule has 1 aliphatic heterocycles. The predicted molar refractivity (Wildman–Crippen MR) is 90.5 cm³/mol. The third kappa shape index (κ3) is 3.34. The Hall–Kier alpha value is -1.63. The Balaban J connectivity index is 1.77. The molecule has 4 nitrogen and oxygen atoms in total. The molecule has 1 aliphatic rings. The van der Waals surface area contributed by atoms with Gasteiger partial charge in [0, 0.05) is 15.8 Å². The SMILES string of the molecule is COc1cc(CNc2ccc(I)cc2)cc2c1OCCO2. The van der Waals surface area contributed by atoms with Crippen molar-refractivity contribution in [3.63, 3.8) is 0 Å². The summed E-state index contributed by atoms with van der Waals surface area (Å²) in [7, 11) is 1.64. The van der Waals surface area contributed by atoms with E-state index in [-0.39, 0.29) is 0 Å². The van der Waals surface area contributed by atoms with Crippen LogP contribution in [-0.4, -0.2) is 20.3 Å². The van der Waals surface area contributed by atoms with Gasteiger partial charge in [0.05, 0.1) is 7.11 Å². The molecule has 2 aromatic rings. The zero-order valence-corrected chi connectivity index (χ0v) is 13.8. The molecule has 0 amide bonds. The summed E-state index contributed by atoms with van der Waals surface area (Å²) in [6.45, 7) is 1.83. The molecule has 0 unspecified atom stereocenters. The zero-order chi connectivity index (χ0) is 14.7. The maximum absolute atomic E-state index is 5.64. The lowest BCUT2D eigenvalue weighted by Gasteiger charge is -2.21. The van der Waals surface area contributed by atoms with E-state index < -0.39 is 0 Å². The van der Waals surface area contributed by atoms with E-state index in [0.29, 0.717) is 31.3 Å². The molecule has 21 heavy (non-hydrogen) atoms. The number of ether oxygens (including phenoxy) is 3. The average molecular weight is 397 g/mol. The summed E-state index contributed by atoms with van der Waals surface area (Å²) in [4.78, 5) is 0. The van der Waals surface area contributed by atoms with Gasteiger partial charge in [0.2, 0.25) is 5.75 Å². The molecule has 0 aliphatic carbocycles. The molecule has 0 saturated heterocycles. The van der Waals surface area contributed by atoms with Gasteiger partial charge in [-0.15, -0.1) is 0 Å². The van der Waals surface area contributed by atoms with Crippen LogP contribution in [0, 0.1) is 3.57 Å². The van der Waals surface area contributed by atoms with E-state index in [2.05, 4.69) is 52.2 Å². The molecule has 3 rings (SSSR count). The summed E-state index contributed by atoms with van der Waals surface area (Å²) in [5.41, 5.74) is 2.18. The maximum Gasteiger partial charge on any atom is 0.203 e. The number of nitrogens with one attached hydrogen (secondary N) is 1. The molecule has 1 heterocycles. The van der Waals surface area contributed by atoms with Crippen LogP contribution in [0.2, 0.25) is 0 Å². The molecule has 0 bridgehead atoms. The number of halogens is 1. The monoisotopic (exact) mass is 397 g/mol. The van der Waals surface area contributed by atoms with Crippen molar-refractivity contribution in [2.75, 3.05) is 25.6 Å². The Morgan fingerprint density at radius 1 is 1.14 bits per heavy atom. The molecular formula is C16H16INO3. The number of benzene rings is 2. The van der Waals surface area contributed by atoms with Gasteiger partial charge in [0.15, 0.2) is 11.5 Å². The van der Waals surface area contributed by atoms with Crippen LogP contribution in [0.25, 0.3) is 0 Å². The van der Waals surface area contributed by atoms with Crippen molar-refractivity contribution in [2.45, 2.75) is 6.54 Å². The van der Waals surface area contributed by atoms with Gasteiger partial charge < -0.3 is 19.5 Å². The molecule has 0 aromatic heterocycles. The van der Waals surface area contributed by atoms with Gasteiger partial charge >= 0.3 is 0 Å². The number of fused-ring (bicyclic) bond motifs is 1. The molecule has 0 radical (unpaired) electrons. The van der Waals surface area contributed by atoms with Crippen LogP contribution in [-0.2, 0) is 6.54 Å². The molecule has 0 spiro atoms. The lowest BCUT2D eigenvalue weighted by Crippen LogP contribution is -2.16. The Bertz CT molecular complexity index is 611. The number of anilines is 1. The minimum absolute atomic E-state index is 0.559. The third-order valence-corrected chi connectivity index (χ3v) is 3.95. The topological polar surface area (TPSA) is 39.7 Å². The molecule has 1 N–H and O–H groups in total. The first-order valence-corrected chi connectivity index (χ1v) is 7.80. The minimum atomic E-state index is 0.559. The average Bonchev–Trinajstić information content (AvgIpc) is 2.53. The maximum atomic E-state index is 5.64. The first-order chi connectivity index (χ1) is 10.3. The lowest BCUT2D eigenvalue weighted by atomic mass is 10.1. The van der Waals surface area contributed by atoms with Crippen LogP contribution < -0.4 is 19.5 Å². The van der Waals surface area contributed by atoms with Crippen molar-refractivity contribution in [2.24, 2.45) is 0 Å². The second-order valence-electron chi connectivity index (χ2n) is 4.68. The highest BCUT2D eigenvalue weighted by molar-refractivity contribution is 14.1. The Kier molecular flexibility index (Phi) is 4.38. The van der Waals surface area contributed by atoms with Crippen LogP contribution in [0.1, 0.15) is 5.56 Å².